The number of fused-ring (bicyclic) bond motifs is 1. The van der Waals surface area contributed by atoms with Gasteiger partial charge in [-0.2, -0.15) is 0 Å². The first-order valence-electron chi connectivity index (χ1n) is 9.81. The minimum Gasteiger partial charge on any atom is -0.342 e. The van der Waals surface area contributed by atoms with Gasteiger partial charge in [0.2, 0.25) is 5.91 Å². The van der Waals surface area contributed by atoms with E-state index >= 15 is 0 Å². The van der Waals surface area contributed by atoms with Crippen molar-refractivity contribution in [3.8, 4) is 0 Å². The van der Waals surface area contributed by atoms with Gasteiger partial charge >= 0.3 is 0 Å². The van der Waals surface area contributed by atoms with Gasteiger partial charge in [0.25, 0.3) is 0 Å². The average Bonchev–Trinajstić information content (AvgIpc) is 3.16. The first kappa shape index (κ1) is 18.8. The van der Waals surface area contributed by atoms with Gasteiger partial charge in [-0.15, -0.1) is 11.3 Å². The van der Waals surface area contributed by atoms with Crippen molar-refractivity contribution in [2.24, 2.45) is 5.92 Å². The molecule has 0 saturated carbocycles. The summed E-state index contributed by atoms with van der Waals surface area (Å²) in [6.45, 7) is 3.27. The van der Waals surface area contributed by atoms with E-state index in [-0.39, 0.29) is 17.6 Å². The summed E-state index contributed by atoms with van der Waals surface area (Å²) in [5, 5.41) is 2.22. The molecule has 1 aliphatic heterocycles. The topological polar surface area (TPSA) is 50.3 Å². The summed E-state index contributed by atoms with van der Waals surface area (Å²) in [7, 11) is 0. The highest BCUT2D eigenvalue weighted by Crippen LogP contribution is 2.24. The predicted octanol–water partition coefficient (Wildman–Crippen LogP) is 4.66. The SMILES string of the molecule is Cc1ncsc1CCC(=O)N1CCC[C@H](C(=O)c2ccc3ccccc3c2)C1. The lowest BCUT2D eigenvalue weighted by molar-refractivity contribution is -0.132. The van der Waals surface area contributed by atoms with Crippen LogP contribution in [0.2, 0.25) is 0 Å². The molecule has 1 aromatic heterocycles. The molecule has 0 N–H and O–H groups in total. The standard InChI is InChI=1S/C23H24N2O2S/c1-16-21(28-15-24-16)10-11-22(26)25-12-4-7-20(14-25)23(27)19-9-8-17-5-2-3-6-18(17)13-19/h2-3,5-6,8-9,13,15,20H,4,7,10-12,14H2,1H3/t20-/m0/s1. The molecule has 144 valence electrons. The van der Waals surface area contributed by atoms with E-state index in [9.17, 15) is 9.59 Å². The van der Waals surface area contributed by atoms with Crippen molar-refractivity contribution >= 4 is 33.8 Å². The Balaban J connectivity index is 1.41. The highest BCUT2D eigenvalue weighted by atomic mass is 32.1. The highest BCUT2D eigenvalue weighted by Gasteiger charge is 2.29. The van der Waals surface area contributed by atoms with Crippen molar-refractivity contribution in [3.05, 3.63) is 64.1 Å². The fraction of sp³-hybridized carbons (Fsp3) is 0.348. The molecule has 0 bridgehead atoms. The number of hydrogen-bond acceptors (Lipinski definition) is 4. The average molecular weight is 393 g/mol. The highest BCUT2D eigenvalue weighted by molar-refractivity contribution is 7.09. The number of piperidine rings is 1. The van der Waals surface area contributed by atoms with Crippen LogP contribution in [0, 0.1) is 12.8 Å². The number of carbonyl (C=O) groups is 2. The first-order valence-corrected chi connectivity index (χ1v) is 10.7. The summed E-state index contributed by atoms with van der Waals surface area (Å²) >= 11 is 1.61. The zero-order chi connectivity index (χ0) is 19.5. The molecule has 2 aromatic carbocycles. The normalized spacial score (nSPS) is 17.0. The van der Waals surface area contributed by atoms with Crippen LogP contribution in [0.5, 0.6) is 0 Å². The molecule has 4 nitrogen and oxygen atoms in total. The summed E-state index contributed by atoms with van der Waals surface area (Å²) in [4.78, 5) is 33.0. The minimum absolute atomic E-state index is 0.107. The Kier molecular flexibility index (Phi) is 5.53. The Morgan fingerprint density at radius 2 is 2.00 bits per heavy atom. The van der Waals surface area contributed by atoms with Crippen molar-refractivity contribution in [1.29, 1.82) is 0 Å². The summed E-state index contributed by atoms with van der Waals surface area (Å²) < 4.78 is 0. The molecule has 3 aromatic rings. The number of aromatic nitrogens is 1. The van der Waals surface area contributed by atoms with Crippen molar-refractivity contribution in [3.63, 3.8) is 0 Å². The van der Waals surface area contributed by atoms with E-state index in [2.05, 4.69) is 11.1 Å². The Morgan fingerprint density at radius 1 is 1.18 bits per heavy atom. The monoisotopic (exact) mass is 392 g/mol. The molecule has 28 heavy (non-hydrogen) atoms. The molecular weight excluding hydrogens is 368 g/mol. The number of rotatable bonds is 5. The molecule has 1 fully saturated rings. The summed E-state index contributed by atoms with van der Waals surface area (Å²) in [6.07, 6.45) is 2.95. The van der Waals surface area contributed by atoms with Crippen LogP contribution >= 0.6 is 11.3 Å². The van der Waals surface area contributed by atoms with Gasteiger partial charge in [-0.3, -0.25) is 9.59 Å². The van der Waals surface area contributed by atoms with Crippen LogP contribution in [0.3, 0.4) is 0 Å². The fourth-order valence-corrected chi connectivity index (χ4v) is 4.72. The number of ketones is 1. The quantitative estimate of drug-likeness (QED) is 0.594. The lowest BCUT2D eigenvalue weighted by Gasteiger charge is -2.32. The third kappa shape index (κ3) is 3.99. The molecule has 2 heterocycles. The van der Waals surface area contributed by atoms with Gasteiger partial charge in [0.1, 0.15) is 0 Å². The maximum absolute atomic E-state index is 13.1. The molecule has 0 unspecified atom stereocenters. The Hall–Kier alpha value is -2.53. The largest absolute Gasteiger partial charge is 0.342 e. The number of nitrogens with zero attached hydrogens (tertiary/aromatic N) is 2. The van der Waals surface area contributed by atoms with Crippen LogP contribution in [0.4, 0.5) is 0 Å². The number of Topliss-reactive ketones (excluding diaryl/α,β-unsaturated/α-hetero) is 1. The minimum atomic E-state index is -0.107. The second-order valence-corrected chi connectivity index (χ2v) is 8.41. The van der Waals surface area contributed by atoms with Gasteiger partial charge in [-0.1, -0.05) is 36.4 Å². The van der Waals surface area contributed by atoms with Crippen molar-refractivity contribution in [1.82, 2.24) is 9.88 Å². The lowest BCUT2D eigenvalue weighted by Crippen LogP contribution is -2.42. The van der Waals surface area contributed by atoms with Crippen LogP contribution in [-0.2, 0) is 11.2 Å². The van der Waals surface area contributed by atoms with Gasteiger partial charge in [0.15, 0.2) is 5.78 Å². The molecule has 4 rings (SSSR count). The Bertz CT molecular complexity index is 1010. The van der Waals surface area contributed by atoms with Gasteiger partial charge in [-0.25, -0.2) is 4.98 Å². The molecule has 0 spiro atoms. The third-order valence-corrected chi connectivity index (χ3v) is 6.58. The number of hydrogen-bond donors (Lipinski definition) is 0. The molecule has 0 aliphatic carbocycles. The molecule has 1 atom stereocenters. The lowest BCUT2D eigenvalue weighted by atomic mass is 9.89. The number of likely N-dealkylation sites (tertiary alicyclic amines) is 1. The van der Waals surface area contributed by atoms with E-state index in [4.69, 9.17) is 0 Å². The van der Waals surface area contributed by atoms with Crippen LogP contribution in [0.15, 0.2) is 48.0 Å². The second-order valence-electron chi connectivity index (χ2n) is 7.47. The summed E-state index contributed by atoms with van der Waals surface area (Å²) in [5.41, 5.74) is 3.59. The fourth-order valence-electron chi connectivity index (χ4n) is 3.94. The van der Waals surface area contributed by atoms with Gasteiger partial charge < -0.3 is 4.90 Å². The van der Waals surface area contributed by atoms with Crippen molar-refractivity contribution in [2.75, 3.05) is 13.1 Å². The van der Waals surface area contributed by atoms with E-state index in [1.165, 1.54) is 4.88 Å². The van der Waals surface area contributed by atoms with Gasteiger partial charge in [-0.05, 0) is 43.0 Å². The smallest absolute Gasteiger partial charge is 0.222 e. The summed E-state index contributed by atoms with van der Waals surface area (Å²) in [6, 6.07) is 14.0. The van der Waals surface area contributed by atoms with E-state index in [0.717, 1.165) is 47.8 Å². The number of aryl methyl sites for hydroxylation is 2. The van der Waals surface area contributed by atoms with Crippen LogP contribution < -0.4 is 0 Å². The number of benzene rings is 2. The maximum atomic E-state index is 13.1. The molecule has 1 amide bonds. The number of thiazole rings is 1. The van der Waals surface area contributed by atoms with Gasteiger partial charge in [0.05, 0.1) is 11.2 Å². The van der Waals surface area contributed by atoms with Crippen LogP contribution in [-0.4, -0.2) is 34.7 Å². The zero-order valence-electron chi connectivity index (χ0n) is 16.1. The Morgan fingerprint density at radius 3 is 2.79 bits per heavy atom. The molecule has 1 aliphatic rings. The number of carbonyl (C=O) groups excluding carboxylic acids is 2. The van der Waals surface area contributed by atoms with E-state index in [0.29, 0.717) is 13.0 Å². The van der Waals surface area contributed by atoms with Crippen LogP contribution in [0.25, 0.3) is 10.8 Å². The third-order valence-electron chi connectivity index (χ3n) is 5.59. The van der Waals surface area contributed by atoms with Crippen LogP contribution in [0.1, 0.15) is 40.2 Å². The van der Waals surface area contributed by atoms with Crippen molar-refractivity contribution in [2.45, 2.75) is 32.6 Å². The van der Waals surface area contributed by atoms with E-state index in [1.807, 2.05) is 53.7 Å². The number of amides is 1. The molecule has 5 heteroatoms. The predicted molar refractivity (Wildman–Crippen MR) is 113 cm³/mol. The maximum Gasteiger partial charge on any atom is 0.222 e. The first-order chi connectivity index (χ1) is 13.6. The Labute approximate surface area is 169 Å². The summed E-state index contributed by atoms with van der Waals surface area (Å²) in [5.74, 6) is 0.189. The van der Waals surface area contributed by atoms with Gasteiger partial charge in [0, 0.05) is 35.9 Å². The van der Waals surface area contributed by atoms with E-state index < -0.39 is 0 Å². The molecular formula is C23H24N2O2S. The molecule has 1 saturated heterocycles. The molecule has 0 radical (unpaired) electrons. The van der Waals surface area contributed by atoms with E-state index in [1.54, 1.807) is 11.3 Å². The van der Waals surface area contributed by atoms with Crippen molar-refractivity contribution < 1.29 is 9.59 Å². The second kappa shape index (κ2) is 8.23. The zero-order valence-corrected chi connectivity index (χ0v) is 16.9.